The van der Waals surface area contributed by atoms with Crippen LogP contribution in [-0.2, 0) is 4.79 Å². The molecule has 1 aliphatic heterocycles. The van der Waals surface area contributed by atoms with Crippen molar-refractivity contribution in [2.24, 2.45) is 0 Å². The Morgan fingerprint density at radius 2 is 2.26 bits per heavy atom. The number of amides is 3. The molecule has 1 aliphatic rings. The van der Waals surface area contributed by atoms with E-state index in [-0.39, 0.29) is 11.9 Å². The molecule has 0 aliphatic carbocycles. The van der Waals surface area contributed by atoms with Gasteiger partial charge in [-0.15, -0.1) is 0 Å². The zero-order valence-electron chi connectivity index (χ0n) is 10.9. The summed E-state index contributed by atoms with van der Waals surface area (Å²) < 4.78 is 1.14. The van der Waals surface area contributed by atoms with E-state index in [0.29, 0.717) is 13.1 Å². The first kappa shape index (κ1) is 14.1. The smallest absolute Gasteiger partial charge is 0.324 e. The third-order valence-electron chi connectivity index (χ3n) is 3.05. The molecular formula is C13H16IN3O2. The molecule has 0 radical (unpaired) electrons. The quantitative estimate of drug-likeness (QED) is 0.797. The topological polar surface area (TPSA) is 61.4 Å². The van der Waals surface area contributed by atoms with Crippen LogP contribution in [0.15, 0.2) is 18.2 Å². The molecule has 0 saturated carbocycles. The molecule has 1 aromatic carbocycles. The summed E-state index contributed by atoms with van der Waals surface area (Å²) >= 11 is 2.26. The van der Waals surface area contributed by atoms with Gasteiger partial charge in [-0.1, -0.05) is 6.07 Å². The van der Waals surface area contributed by atoms with Crippen molar-refractivity contribution in [3.05, 3.63) is 27.3 Å². The lowest BCUT2D eigenvalue weighted by atomic mass is 10.2. The lowest BCUT2D eigenvalue weighted by molar-refractivity contribution is -0.128. The molecule has 0 spiro atoms. The Hall–Kier alpha value is -1.31. The highest BCUT2D eigenvalue weighted by Gasteiger charge is 2.29. The largest absolute Gasteiger partial charge is 0.374 e. The van der Waals surface area contributed by atoms with Crippen molar-refractivity contribution in [3.63, 3.8) is 0 Å². The number of hydrogen-bond donors (Lipinski definition) is 2. The van der Waals surface area contributed by atoms with Gasteiger partial charge >= 0.3 is 6.03 Å². The van der Waals surface area contributed by atoms with Crippen LogP contribution in [0.3, 0.4) is 0 Å². The maximum absolute atomic E-state index is 12.1. The molecule has 2 rings (SSSR count). The SMILES string of the molecule is Cc1ccc(N[C@@H](C)C(=O)N2CCNC2=O)cc1I. The first-order valence-electron chi connectivity index (χ1n) is 6.11. The van der Waals surface area contributed by atoms with E-state index in [2.05, 4.69) is 33.2 Å². The molecule has 0 unspecified atom stereocenters. The number of carbonyl (C=O) groups is 2. The van der Waals surface area contributed by atoms with Gasteiger partial charge in [-0.2, -0.15) is 0 Å². The lowest BCUT2D eigenvalue weighted by Crippen LogP contribution is -2.43. The van der Waals surface area contributed by atoms with Gasteiger partial charge in [-0.25, -0.2) is 4.79 Å². The highest BCUT2D eigenvalue weighted by atomic mass is 127. The zero-order valence-corrected chi connectivity index (χ0v) is 13.0. The van der Waals surface area contributed by atoms with Gasteiger partial charge in [0.15, 0.2) is 0 Å². The van der Waals surface area contributed by atoms with E-state index >= 15 is 0 Å². The molecule has 1 saturated heterocycles. The highest BCUT2D eigenvalue weighted by Crippen LogP contribution is 2.18. The Bertz CT molecular complexity index is 519. The van der Waals surface area contributed by atoms with Crippen LogP contribution in [0.5, 0.6) is 0 Å². The van der Waals surface area contributed by atoms with E-state index in [9.17, 15) is 9.59 Å². The Morgan fingerprint density at radius 3 is 2.84 bits per heavy atom. The number of nitrogens with one attached hydrogen (secondary N) is 2. The predicted octanol–water partition coefficient (Wildman–Crippen LogP) is 1.95. The Balaban J connectivity index is 2.03. The second-order valence-corrected chi connectivity index (χ2v) is 5.71. The summed E-state index contributed by atoms with van der Waals surface area (Å²) in [6.45, 7) is 4.77. The molecule has 0 aromatic heterocycles. The monoisotopic (exact) mass is 373 g/mol. The number of halogens is 1. The molecule has 1 aromatic rings. The molecule has 0 bridgehead atoms. The van der Waals surface area contributed by atoms with E-state index in [1.807, 2.05) is 25.1 Å². The van der Waals surface area contributed by atoms with Crippen LogP contribution in [0.2, 0.25) is 0 Å². The third-order valence-corrected chi connectivity index (χ3v) is 4.21. The van der Waals surface area contributed by atoms with Crippen LogP contribution in [0, 0.1) is 10.5 Å². The van der Waals surface area contributed by atoms with E-state index in [0.717, 1.165) is 9.26 Å². The van der Waals surface area contributed by atoms with Crippen molar-refractivity contribution in [1.82, 2.24) is 10.2 Å². The van der Waals surface area contributed by atoms with Crippen molar-refractivity contribution in [2.75, 3.05) is 18.4 Å². The van der Waals surface area contributed by atoms with E-state index < -0.39 is 6.04 Å². The van der Waals surface area contributed by atoms with Gasteiger partial charge in [-0.05, 0) is 54.1 Å². The van der Waals surface area contributed by atoms with Gasteiger partial charge in [0.1, 0.15) is 6.04 Å². The predicted molar refractivity (Wildman–Crippen MR) is 82.1 cm³/mol. The van der Waals surface area contributed by atoms with Gasteiger partial charge in [0.25, 0.3) is 5.91 Å². The fourth-order valence-electron chi connectivity index (χ4n) is 1.91. The summed E-state index contributed by atoms with van der Waals surface area (Å²) in [6, 6.07) is 5.19. The Morgan fingerprint density at radius 1 is 1.53 bits per heavy atom. The van der Waals surface area contributed by atoms with Gasteiger partial charge in [0.05, 0.1) is 0 Å². The van der Waals surface area contributed by atoms with Crippen LogP contribution >= 0.6 is 22.6 Å². The first-order chi connectivity index (χ1) is 8.99. The van der Waals surface area contributed by atoms with Crippen molar-refractivity contribution >= 4 is 40.2 Å². The number of nitrogens with zero attached hydrogens (tertiary/aromatic N) is 1. The first-order valence-corrected chi connectivity index (χ1v) is 7.19. The number of benzene rings is 1. The molecule has 1 heterocycles. The minimum atomic E-state index is -0.428. The third kappa shape index (κ3) is 3.17. The van der Waals surface area contributed by atoms with Crippen molar-refractivity contribution in [1.29, 1.82) is 0 Å². The molecule has 102 valence electrons. The maximum Gasteiger partial charge on any atom is 0.324 e. The molecule has 2 N–H and O–H groups in total. The molecule has 1 atom stereocenters. The number of urea groups is 1. The van der Waals surface area contributed by atoms with Crippen LogP contribution in [0.25, 0.3) is 0 Å². The van der Waals surface area contributed by atoms with Gasteiger partial charge in [-0.3, -0.25) is 9.69 Å². The molecular weight excluding hydrogens is 357 g/mol. The van der Waals surface area contributed by atoms with Crippen LogP contribution in [0.4, 0.5) is 10.5 Å². The summed E-state index contributed by atoms with van der Waals surface area (Å²) in [5.41, 5.74) is 2.08. The summed E-state index contributed by atoms with van der Waals surface area (Å²) in [5, 5.41) is 5.75. The standard InChI is InChI=1S/C13H16IN3O2/c1-8-3-4-10(7-11(8)14)16-9(2)12(18)17-6-5-15-13(17)19/h3-4,7,9,16H,5-6H2,1-2H3,(H,15,19)/t9-/m0/s1. The second kappa shape index (κ2) is 5.77. The molecule has 19 heavy (non-hydrogen) atoms. The normalized spacial score (nSPS) is 16.2. The number of imide groups is 1. The number of anilines is 1. The molecule has 5 nitrogen and oxygen atoms in total. The number of aryl methyl sites for hydroxylation is 1. The van der Waals surface area contributed by atoms with Crippen LogP contribution < -0.4 is 10.6 Å². The summed E-state index contributed by atoms with van der Waals surface area (Å²) in [7, 11) is 0. The van der Waals surface area contributed by atoms with Crippen molar-refractivity contribution in [3.8, 4) is 0 Å². The van der Waals surface area contributed by atoms with Gasteiger partial charge in [0, 0.05) is 22.3 Å². The summed E-state index contributed by atoms with van der Waals surface area (Å²) in [4.78, 5) is 24.8. The zero-order chi connectivity index (χ0) is 14.0. The minimum Gasteiger partial charge on any atom is -0.374 e. The minimum absolute atomic E-state index is 0.203. The second-order valence-electron chi connectivity index (χ2n) is 4.55. The van der Waals surface area contributed by atoms with E-state index in [1.54, 1.807) is 6.92 Å². The fraction of sp³-hybridized carbons (Fsp3) is 0.385. The molecule has 1 fully saturated rings. The van der Waals surface area contributed by atoms with E-state index in [4.69, 9.17) is 0 Å². The van der Waals surface area contributed by atoms with Crippen molar-refractivity contribution in [2.45, 2.75) is 19.9 Å². The number of hydrogen-bond acceptors (Lipinski definition) is 3. The molecule has 6 heteroatoms. The maximum atomic E-state index is 12.1. The highest BCUT2D eigenvalue weighted by molar-refractivity contribution is 14.1. The average Bonchev–Trinajstić information content (AvgIpc) is 2.79. The van der Waals surface area contributed by atoms with Gasteiger partial charge < -0.3 is 10.6 Å². The van der Waals surface area contributed by atoms with Crippen molar-refractivity contribution < 1.29 is 9.59 Å². The number of rotatable bonds is 3. The average molecular weight is 373 g/mol. The van der Waals surface area contributed by atoms with Gasteiger partial charge in [0.2, 0.25) is 0 Å². The Kier molecular flexibility index (Phi) is 4.28. The Labute approximate surface area is 125 Å². The van der Waals surface area contributed by atoms with Crippen LogP contribution in [0.1, 0.15) is 12.5 Å². The summed E-state index contributed by atoms with van der Waals surface area (Å²) in [5.74, 6) is -0.203. The lowest BCUT2D eigenvalue weighted by Gasteiger charge is -2.20. The number of carbonyl (C=O) groups excluding carboxylic acids is 2. The summed E-state index contributed by atoms with van der Waals surface area (Å²) in [6.07, 6.45) is 0. The van der Waals surface area contributed by atoms with Crippen LogP contribution in [-0.4, -0.2) is 36.0 Å². The fourth-order valence-corrected chi connectivity index (χ4v) is 2.43. The van der Waals surface area contributed by atoms with E-state index in [1.165, 1.54) is 10.5 Å². The molecule has 3 amide bonds.